The summed E-state index contributed by atoms with van der Waals surface area (Å²) >= 11 is 0. The van der Waals surface area contributed by atoms with Gasteiger partial charge in [0.1, 0.15) is 11.2 Å². The lowest BCUT2D eigenvalue weighted by atomic mass is 9.29. The quantitative estimate of drug-likeness (QED) is 0.271. The van der Waals surface area contributed by atoms with Crippen LogP contribution >= 0.6 is 0 Å². The second-order valence-electron chi connectivity index (χ2n) is 17.7. The molecule has 11 atom stereocenters. The van der Waals surface area contributed by atoms with E-state index in [1.54, 1.807) is 0 Å². The number of carboxylic acid groups (broad SMARTS) is 1. The van der Waals surface area contributed by atoms with E-state index in [4.69, 9.17) is 0 Å². The topological polar surface area (TPSA) is 91.7 Å². The Morgan fingerprint density at radius 3 is 2.07 bits per heavy atom. The third kappa shape index (κ3) is 3.11. The average Bonchev–Trinajstić information content (AvgIpc) is 3.34. The van der Waals surface area contributed by atoms with Crippen LogP contribution < -0.4 is 0 Å². The van der Waals surface area contributed by atoms with Gasteiger partial charge >= 0.3 is 5.97 Å². The molecule has 6 rings (SSSR count). The number of hydrogen-bond donors (Lipinski definition) is 2. The Hall–Kier alpha value is -1.49. The van der Waals surface area contributed by atoms with Gasteiger partial charge in [0.2, 0.25) is 0 Å². The summed E-state index contributed by atoms with van der Waals surface area (Å²) in [6.07, 6.45) is 7.10. The number of allylic oxidation sites excluding steroid dienone is 1. The summed E-state index contributed by atoms with van der Waals surface area (Å²) in [6, 6.07) is 0. The Balaban J connectivity index is 1.57. The molecule has 0 aromatic rings. The van der Waals surface area contributed by atoms with Crippen molar-refractivity contribution in [2.24, 2.45) is 67.5 Å². The fraction of sp³-hybridized carbons (Fsp3) is 0.861. The lowest BCUT2D eigenvalue weighted by Crippen LogP contribution is -2.72. The largest absolute Gasteiger partial charge is 0.481 e. The van der Waals surface area contributed by atoms with Crippen molar-refractivity contribution in [1.82, 2.24) is 0 Å². The van der Waals surface area contributed by atoms with E-state index in [0.29, 0.717) is 31.1 Å². The van der Waals surface area contributed by atoms with Crippen LogP contribution in [0.15, 0.2) is 12.2 Å². The number of aliphatic carboxylic acids is 1. The molecule has 0 heterocycles. The highest BCUT2D eigenvalue weighted by Gasteiger charge is 2.83. The van der Waals surface area contributed by atoms with Gasteiger partial charge in [0.25, 0.3) is 0 Å². The number of aliphatic hydroxyl groups is 1. The standard InChI is InChI=1S/C36H54O5/c1-20(2)21-12-17-35(29(40)41)27(21)22-10-11-24-32(7)15-14-25(37)31(5,6)23(32)13-16-33(24,8)34(22,9)19-36(35)26(38)18-30(3,4)28(36)39/h21-25,27,37H,1,10-19H2,2-9H3,(H,40,41)/t21-,22+,23-,24+,25-,27+,32-,33+,34+,35-,36?/m0/s1. The minimum atomic E-state index is -1.48. The summed E-state index contributed by atoms with van der Waals surface area (Å²) in [6.45, 7) is 21.9. The summed E-state index contributed by atoms with van der Waals surface area (Å²) in [7, 11) is 0. The summed E-state index contributed by atoms with van der Waals surface area (Å²) in [5.41, 5.74) is -3.26. The smallest absolute Gasteiger partial charge is 0.311 e. The predicted molar refractivity (Wildman–Crippen MR) is 159 cm³/mol. The van der Waals surface area contributed by atoms with E-state index in [2.05, 4.69) is 41.2 Å². The number of rotatable bonds is 2. The second-order valence-corrected chi connectivity index (χ2v) is 17.7. The maximum atomic E-state index is 14.7. The first-order chi connectivity index (χ1) is 18.8. The van der Waals surface area contributed by atoms with Crippen molar-refractivity contribution < 1.29 is 24.6 Å². The average molecular weight is 567 g/mol. The third-order valence-electron chi connectivity index (χ3n) is 15.7. The molecule has 0 aliphatic heterocycles. The highest BCUT2D eigenvalue weighted by molar-refractivity contribution is 6.19. The molecule has 6 aliphatic carbocycles. The number of ketones is 2. The number of fused-ring (bicyclic) bond motifs is 8. The first kappa shape index (κ1) is 29.6. The van der Waals surface area contributed by atoms with Crippen LogP contribution in [0, 0.1) is 67.5 Å². The summed E-state index contributed by atoms with van der Waals surface area (Å²) < 4.78 is 0. The van der Waals surface area contributed by atoms with Crippen LogP contribution in [-0.2, 0) is 14.4 Å². The molecule has 5 nitrogen and oxygen atoms in total. The van der Waals surface area contributed by atoms with Gasteiger partial charge in [-0.3, -0.25) is 14.4 Å². The summed E-state index contributed by atoms with van der Waals surface area (Å²) in [4.78, 5) is 42.9. The van der Waals surface area contributed by atoms with E-state index in [9.17, 15) is 24.6 Å². The van der Waals surface area contributed by atoms with Gasteiger partial charge in [-0.05, 0) is 116 Å². The van der Waals surface area contributed by atoms with Crippen molar-refractivity contribution in [3.8, 4) is 0 Å². The Morgan fingerprint density at radius 1 is 0.854 bits per heavy atom. The molecule has 5 heteroatoms. The zero-order chi connectivity index (χ0) is 30.3. The molecule has 1 unspecified atom stereocenters. The van der Waals surface area contributed by atoms with Gasteiger partial charge in [-0.2, -0.15) is 0 Å². The molecule has 6 saturated carbocycles. The molecular formula is C36H54O5. The maximum Gasteiger partial charge on any atom is 0.311 e. The number of aliphatic hydroxyl groups excluding tert-OH is 1. The van der Waals surface area contributed by atoms with E-state index in [0.717, 1.165) is 44.1 Å². The maximum absolute atomic E-state index is 14.7. The van der Waals surface area contributed by atoms with E-state index in [-0.39, 0.29) is 63.5 Å². The van der Waals surface area contributed by atoms with Crippen molar-refractivity contribution in [3.63, 3.8) is 0 Å². The van der Waals surface area contributed by atoms with Gasteiger partial charge in [-0.1, -0.05) is 60.6 Å². The van der Waals surface area contributed by atoms with Gasteiger partial charge < -0.3 is 10.2 Å². The molecule has 0 bridgehead atoms. The number of carbonyl (C=O) groups excluding carboxylic acids is 2. The van der Waals surface area contributed by atoms with E-state index < -0.39 is 22.2 Å². The SMILES string of the molecule is C=C(C)[C@@H]1CC[C@@]2(C(=O)O)[C@H]1[C@H]1CC[C@@H]3[C@@]4(C)CC[C@H](O)C(C)(C)[C@@H]4CC[C@@]3(C)[C@]1(C)CC21C(=O)CC(C)(C)C1=O. The Kier molecular flexibility index (Phi) is 6.03. The fourth-order valence-electron chi connectivity index (χ4n) is 13.7. The molecule has 2 N–H and O–H groups in total. The van der Waals surface area contributed by atoms with Gasteiger partial charge in [-0.25, -0.2) is 0 Å². The van der Waals surface area contributed by atoms with Crippen LogP contribution in [-0.4, -0.2) is 33.9 Å². The first-order valence-electron chi connectivity index (χ1n) is 16.4. The lowest BCUT2D eigenvalue weighted by Gasteiger charge is -2.74. The van der Waals surface area contributed by atoms with Gasteiger partial charge in [0, 0.05) is 11.8 Å². The number of carbonyl (C=O) groups is 3. The van der Waals surface area contributed by atoms with E-state index >= 15 is 0 Å². The van der Waals surface area contributed by atoms with Crippen molar-refractivity contribution >= 4 is 17.5 Å². The van der Waals surface area contributed by atoms with Crippen LogP contribution in [0.4, 0.5) is 0 Å². The van der Waals surface area contributed by atoms with Crippen LogP contribution in [0.2, 0.25) is 0 Å². The van der Waals surface area contributed by atoms with Gasteiger partial charge in [-0.15, -0.1) is 0 Å². The van der Waals surface area contributed by atoms with Crippen molar-refractivity contribution in [2.75, 3.05) is 0 Å². The van der Waals surface area contributed by atoms with Crippen LogP contribution in [0.1, 0.15) is 120 Å². The second kappa shape index (κ2) is 8.36. The molecular weight excluding hydrogens is 512 g/mol. The lowest BCUT2D eigenvalue weighted by molar-refractivity contribution is -0.264. The molecule has 0 amide bonds. The Morgan fingerprint density at radius 2 is 1.51 bits per heavy atom. The van der Waals surface area contributed by atoms with Crippen molar-refractivity contribution in [2.45, 2.75) is 126 Å². The predicted octanol–water partition coefficient (Wildman–Crippen LogP) is 7.25. The summed E-state index contributed by atoms with van der Waals surface area (Å²) in [5, 5.41) is 22.3. The van der Waals surface area contributed by atoms with E-state index in [1.807, 2.05) is 20.8 Å². The minimum absolute atomic E-state index is 0.00718. The molecule has 228 valence electrons. The molecule has 0 aromatic carbocycles. The third-order valence-corrected chi connectivity index (χ3v) is 15.7. The number of carboxylic acids is 1. The molecule has 0 radical (unpaired) electrons. The van der Waals surface area contributed by atoms with Crippen LogP contribution in [0.5, 0.6) is 0 Å². The summed E-state index contributed by atoms with van der Waals surface area (Å²) in [5.74, 6) is -0.471. The highest BCUT2D eigenvalue weighted by atomic mass is 16.4. The van der Waals surface area contributed by atoms with Crippen LogP contribution in [0.25, 0.3) is 0 Å². The molecule has 6 aliphatic rings. The highest BCUT2D eigenvalue weighted by Crippen LogP contribution is 2.81. The van der Waals surface area contributed by atoms with Crippen molar-refractivity contribution in [1.29, 1.82) is 0 Å². The molecule has 0 aromatic heterocycles. The molecule has 41 heavy (non-hydrogen) atoms. The zero-order valence-corrected chi connectivity index (χ0v) is 26.9. The molecule has 1 spiro atoms. The minimum Gasteiger partial charge on any atom is -0.481 e. The van der Waals surface area contributed by atoms with Crippen LogP contribution in [0.3, 0.4) is 0 Å². The van der Waals surface area contributed by atoms with Crippen molar-refractivity contribution in [3.05, 3.63) is 12.2 Å². The molecule has 6 fully saturated rings. The number of Topliss-reactive ketones (excluding diaryl/α,β-unsaturated/α-hetero) is 2. The Bertz CT molecular complexity index is 1230. The first-order valence-corrected chi connectivity index (χ1v) is 16.4. The fourth-order valence-corrected chi connectivity index (χ4v) is 13.7. The van der Waals surface area contributed by atoms with Gasteiger partial charge in [0.05, 0.1) is 11.5 Å². The number of hydrogen-bond acceptors (Lipinski definition) is 4. The van der Waals surface area contributed by atoms with Gasteiger partial charge in [0.15, 0.2) is 5.78 Å². The monoisotopic (exact) mass is 566 g/mol. The Labute approximate surface area is 247 Å². The zero-order valence-electron chi connectivity index (χ0n) is 26.9. The normalized spacial score (nSPS) is 53.3. The molecule has 0 saturated heterocycles. The van der Waals surface area contributed by atoms with E-state index in [1.165, 1.54) is 0 Å².